The van der Waals surface area contributed by atoms with E-state index in [1.807, 2.05) is 24.3 Å². The molecule has 5 aromatic rings. The molecular weight excluding hydrogens is 536 g/mol. The summed E-state index contributed by atoms with van der Waals surface area (Å²) in [5.74, 6) is 1.02. The Morgan fingerprint density at radius 2 is 1.67 bits per heavy atom. The van der Waals surface area contributed by atoms with E-state index in [0.717, 1.165) is 27.8 Å². The van der Waals surface area contributed by atoms with Crippen LogP contribution in [0.2, 0.25) is 0 Å². The highest BCUT2D eigenvalue weighted by Crippen LogP contribution is 2.31. The summed E-state index contributed by atoms with van der Waals surface area (Å²) in [6.45, 7) is 2.72. The van der Waals surface area contributed by atoms with Crippen LogP contribution in [0.5, 0.6) is 0 Å². The van der Waals surface area contributed by atoms with Gasteiger partial charge in [-0.15, -0.1) is 0 Å². The molecule has 14 heteroatoms. The Bertz CT molecular complexity index is 1770. The first-order chi connectivity index (χ1) is 18.9. The number of H-pyrrole nitrogens is 1. The van der Waals surface area contributed by atoms with E-state index in [1.54, 1.807) is 18.2 Å². The summed E-state index contributed by atoms with van der Waals surface area (Å²) in [4.78, 5) is 24.6. The van der Waals surface area contributed by atoms with Gasteiger partial charge in [0.25, 0.3) is 10.0 Å². The number of nitrogens with one attached hydrogen (secondary N) is 3. The van der Waals surface area contributed by atoms with Crippen molar-refractivity contribution >= 4 is 72.7 Å². The lowest BCUT2D eigenvalue weighted by Crippen LogP contribution is -2.50. The van der Waals surface area contributed by atoms with Crippen LogP contribution in [0.1, 0.15) is 0 Å². The van der Waals surface area contributed by atoms with Crippen LogP contribution in [-0.2, 0) is 10.0 Å². The highest BCUT2D eigenvalue weighted by atomic mass is 32.2. The largest absolute Gasteiger partial charge is 0.368 e. The Hall–Kier alpha value is -4.56. The van der Waals surface area contributed by atoms with Crippen LogP contribution in [0.15, 0.2) is 71.9 Å². The number of nitrogen functional groups attached to an aromatic ring is 1. The van der Waals surface area contributed by atoms with E-state index in [4.69, 9.17) is 18.0 Å². The minimum Gasteiger partial charge on any atom is -0.368 e. The second-order valence-electron chi connectivity index (χ2n) is 8.91. The molecule has 6 rings (SSSR count). The fraction of sp³-hybridized carbons (Fsp3) is 0.160. The van der Waals surface area contributed by atoms with Gasteiger partial charge >= 0.3 is 0 Å². The van der Waals surface area contributed by atoms with Crippen molar-refractivity contribution < 1.29 is 8.42 Å². The molecule has 0 amide bonds. The maximum absolute atomic E-state index is 12.6. The van der Waals surface area contributed by atoms with Crippen LogP contribution in [0.3, 0.4) is 0 Å². The summed E-state index contributed by atoms with van der Waals surface area (Å²) in [7, 11) is -3.81. The second kappa shape index (κ2) is 9.96. The van der Waals surface area contributed by atoms with Crippen LogP contribution >= 0.6 is 12.2 Å². The summed E-state index contributed by atoms with van der Waals surface area (Å²) in [5, 5.41) is 4.76. The lowest BCUT2D eigenvalue weighted by molar-refractivity contribution is 0.390. The lowest BCUT2D eigenvalue weighted by atomic mass is 10.2. The SMILES string of the molecule is Nc1nc(N2CCN(C(=S)Nc3ccc(S(=O)(=O)Nc4ncccn4)cc3)CC2)c2[nH]c3ccccc3c2n1. The van der Waals surface area contributed by atoms with E-state index in [-0.39, 0.29) is 16.8 Å². The van der Waals surface area contributed by atoms with Gasteiger partial charge in [0.1, 0.15) is 11.0 Å². The molecule has 39 heavy (non-hydrogen) atoms. The number of piperazine rings is 1. The zero-order chi connectivity index (χ0) is 27.0. The molecule has 198 valence electrons. The number of hydrogen-bond acceptors (Lipinski definition) is 9. The van der Waals surface area contributed by atoms with Crippen LogP contribution in [0.4, 0.5) is 23.4 Å². The van der Waals surface area contributed by atoms with Crippen molar-refractivity contribution in [1.82, 2.24) is 29.8 Å². The molecule has 1 fully saturated rings. The van der Waals surface area contributed by atoms with Gasteiger partial charge in [0.05, 0.1) is 4.90 Å². The molecule has 12 nitrogen and oxygen atoms in total. The van der Waals surface area contributed by atoms with Gasteiger partial charge in [-0.05, 0) is 48.6 Å². The Kier molecular flexibility index (Phi) is 6.32. The number of aromatic amines is 1. The number of nitrogens with two attached hydrogens (primary N) is 1. The summed E-state index contributed by atoms with van der Waals surface area (Å²) >= 11 is 5.64. The molecule has 0 aliphatic carbocycles. The molecule has 2 aromatic carbocycles. The van der Waals surface area contributed by atoms with Crippen molar-refractivity contribution in [1.29, 1.82) is 0 Å². The third kappa shape index (κ3) is 4.98. The normalized spacial score (nSPS) is 14.1. The Balaban J connectivity index is 1.11. The number of benzene rings is 2. The zero-order valence-corrected chi connectivity index (χ0v) is 22.2. The Labute approximate surface area is 229 Å². The average Bonchev–Trinajstić information content (AvgIpc) is 3.32. The molecule has 1 saturated heterocycles. The number of para-hydroxylation sites is 1. The quantitative estimate of drug-likeness (QED) is 0.234. The Morgan fingerprint density at radius 3 is 2.41 bits per heavy atom. The maximum Gasteiger partial charge on any atom is 0.264 e. The highest BCUT2D eigenvalue weighted by molar-refractivity contribution is 7.92. The van der Waals surface area contributed by atoms with Gasteiger partial charge in [-0.1, -0.05) is 18.2 Å². The molecule has 5 N–H and O–H groups in total. The summed E-state index contributed by atoms with van der Waals surface area (Å²) in [5.41, 5.74) is 9.41. The maximum atomic E-state index is 12.6. The van der Waals surface area contributed by atoms with Gasteiger partial charge < -0.3 is 25.8 Å². The topological polar surface area (TPSA) is 158 Å². The first-order valence-electron chi connectivity index (χ1n) is 12.1. The summed E-state index contributed by atoms with van der Waals surface area (Å²) in [6, 6.07) is 15.9. The van der Waals surface area contributed by atoms with Crippen molar-refractivity contribution in [3.63, 3.8) is 0 Å². The molecule has 1 aliphatic rings. The van der Waals surface area contributed by atoms with Crippen molar-refractivity contribution in [3.8, 4) is 0 Å². The van der Waals surface area contributed by atoms with Gasteiger partial charge in [-0.25, -0.2) is 28.1 Å². The van der Waals surface area contributed by atoms with Crippen LogP contribution in [-0.4, -0.2) is 69.5 Å². The number of anilines is 4. The average molecular weight is 561 g/mol. The third-order valence-electron chi connectivity index (χ3n) is 6.42. The molecule has 3 aromatic heterocycles. The smallest absolute Gasteiger partial charge is 0.264 e. The molecular formula is C25H24N10O2S2. The fourth-order valence-corrected chi connectivity index (χ4v) is 5.77. The number of hydrogen-bond donors (Lipinski definition) is 4. The summed E-state index contributed by atoms with van der Waals surface area (Å²) < 4.78 is 27.6. The summed E-state index contributed by atoms with van der Waals surface area (Å²) in [6.07, 6.45) is 2.92. The predicted octanol–water partition coefficient (Wildman–Crippen LogP) is 2.80. The highest BCUT2D eigenvalue weighted by Gasteiger charge is 2.24. The van der Waals surface area contributed by atoms with E-state index < -0.39 is 10.0 Å². The number of rotatable bonds is 5. The zero-order valence-electron chi connectivity index (χ0n) is 20.6. The molecule has 0 radical (unpaired) electrons. The van der Waals surface area contributed by atoms with Gasteiger partial charge in [-0.3, -0.25) is 0 Å². The van der Waals surface area contributed by atoms with Gasteiger partial charge in [-0.2, -0.15) is 4.98 Å². The minimum absolute atomic E-state index is 0.00921. The number of aromatic nitrogens is 5. The fourth-order valence-electron chi connectivity index (χ4n) is 4.51. The van der Waals surface area contributed by atoms with E-state index >= 15 is 0 Å². The van der Waals surface area contributed by atoms with E-state index in [0.29, 0.717) is 37.0 Å². The van der Waals surface area contributed by atoms with Crippen molar-refractivity contribution in [3.05, 3.63) is 67.0 Å². The van der Waals surface area contributed by atoms with Crippen LogP contribution < -0.4 is 20.7 Å². The monoisotopic (exact) mass is 560 g/mol. The van der Waals surface area contributed by atoms with Crippen molar-refractivity contribution in [2.45, 2.75) is 4.90 Å². The molecule has 0 bridgehead atoms. The van der Waals surface area contributed by atoms with Gasteiger partial charge in [0.15, 0.2) is 10.9 Å². The second-order valence-corrected chi connectivity index (χ2v) is 11.0. The number of sulfonamides is 1. The van der Waals surface area contributed by atoms with Crippen molar-refractivity contribution in [2.75, 3.05) is 46.9 Å². The van der Waals surface area contributed by atoms with Gasteiger partial charge in [0, 0.05) is 55.2 Å². The van der Waals surface area contributed by atoms with E-state index in [2.05, 4.69) is 44.8 Å². The number of nitrogens with zero attached hydrogens (tertiary/aromatic N) is 6. The number of thiocarbonyl (C=S) groups is 1. The number of fused-ring (bicyclic) bond motifs is 3. The van der Waals surface area contributed by atoms with Crippen LogP contribution in [0, 0.1) is 0 Å². The van der Waals surface area contributed by atoms with Crippen molar-refractivity contribution in [2.24, 2.45) is 0 Å². The standard InChI is InChI=1S/C25H24N10O2S2/c26-23-31-20-18-4-1-2-5-19(18)30-21(20)22(32-23)34-12-14-35(15-13-34)25(38)29-16-6-8-17(9-7-16)39(36,37)33-24-27-10-3-11-28-24/h1-11,30H,12-15H2,(H,29,38)(H2,26,31,32)(H,27,28,33). The third-order valence-corrected chi connectivity index (χ3v) is 8.13. The molecule has 1 aliphatic heterocycles. The van der Waals surface area contributed by atoms with E-state index in [9.17, 15) is 8.42 Å². The molecule has 0 atom stereocenters. The Morgan fingerprint density at radius 1 is 0.949 bits per heavy atom. The minimum atomic E-state index is -3.81. The predicted molar refractivity (Wildman–Crippen MR) is 155 cm³/mol. The van der Waals surface area contributed by atoms with E-state index in [1.165, 1.54) is 24.5 Å². The lowest BCUT2D eigenvalue weighted by Gasteiger charge is -2.37. The molecule has 0 saturated carbocycles. The molecule has 4 heterocycles. The van der Waals surface area contributed by atoms with Crippen LogP contribution in [0.25, 0.3) is 21.9 Å². The molecule has 0 unspecified atom stereocenters. The van der Waals surface area contributed by atoms with Gasteiger partial charge in [0.2, 0.25) is 11.9 Å². The molecule has 0 spiro atoms. The first kappa shape index (κ1) is 24.8. The first-order valence-corrected chi connectivity index (χ1v) is 14.0.